The smallest absolute Gasteiger partial charge is 0.0835 e. The van der Waals surface area contributed by atoms with Crippen LogP contribution in [-0.4, -0.2) is 17.7 Å². The van der Waals surface area contributed by atoms with Gasteiger partial charge in [-0.05, 0) is 49.9 Å². The zero-order chi connectivity index (χ0) is 15.1. The van der Waals surface area contributed by atoms with Gasteiger partial charge in [-0.2, -0.15) is 0 Å². The molecule has 1 aromatic heterocycles. The third-order valence-corrected chi connectivity index (χ3v) is 3.73. The van der Waals surface area contributed by atoms with Gasteiger partial charge in [0.2, 0.25) is 0 Å². The van der Waals surface area contributed by atoms with Crippen molar-refractivity contribution in [1.82, 2.24) is 9.88 Å². The molecule has 2 nitrogen and oxygen atoms in total. The number of aryl methyl sites for hydroxylation is 1. The Balaban J connectivity index is 1.91. The SMILES string of the molecule is C#CCn1cc(CCCCNCC(C)C)c2ccccc21. The van der Waals surface area contributed by atoms with Crippen LogP contribution in [-0.2, 0) is 13.0 Å². The van der Waals surface area contributed by atoms with Crippen molar-refractivity contribution < 1.29 is 0 Å². The number of hydrogen-bond acceptors (Lipinski definition) is 1. The van der Waals surface area contributed by atoms with Crippen LogP contribution in [0.1, 0.15) is 32.3 Å². The van der Waals surface area contributed by atoms with Crippen molar-refractivity contribution in [3.63, 3.8) is 0 Å². The fraction of sp³-hybridized carbons (Fsp3) is 0.474. The number of aromatic nitrogens is 1. The number of benzene rings is 1. The number of unbranched alkanes of at least 4 members (excludes halogenated alkanes) is 1. The van der Waals surface area contributed by atoms with Gasteiger partial charge in [0, 0.05) is 17.1 Å². The minimum absolute atomic E-state index is 0.649. The molecule has 21 heavy (non-hydrogen) atoms. The molecule has 2 heteroatoms. The van der Waals surface area contributed by atoms with Crippen molar-refractivity contribution in [3.8, 4) is 12.3 Å². The molecule has 0 radical (unpaired) electrons. The zero-order valence-electron chi connectivity index (χ0n) is 13.2. The summed E-state index contributed by atoms with van der Waals surface area (Å²) in [5, 5.41) is 4.85. The Morgan fingerprint density at radius 3 is 2.81 bits per heavy atom. The highest BCUT2D eigenvalue weighted by Gasteiger charge is 2.06. The lowest BCUT2D eigenvalue weighted by Crippen LogP contribution is -2.20. The van der Waals surface area contributed by atoms with E-state index >= 15 is 0 Å². The second kappa shape index (κ2) is 7.90. The van der Waals surface area contributed by atoms with Gasteiger partial charge in [-0.15, -0.1) is 6.42 Å². The summed E-state index contributed by atoms with van der Waals surface area (Å²) in [5.41, 5.74) is 2.67. The number of fused-ring (bicyclic) bond motifs is 1. The molecule has 0 saturated carbocycles. The van der Waals surface area contributed by atoms with Crippen molar-refractivity contribution in [3.05, 3.63) is 36.0 Å². The van der Waals surface area contributed by atoms with Crippen LogP contribution >= 0.6 is 0 Å². The first-order chi connectivity index (χ1) is 10.2. The summed E-state index contributed by atoms with van der Waals surface area (Å²) in [7, 11) is 0. The van der Waals surface area contributed by atoms with Gasteiger partial charge in [0.05, 0.1) is 6.54 Å². The van der Waals surface area contributed by atoms with Gasteiger partial charge in [0.25, 0.3) is 0 Å². The minimum Gasteiger partial charge on any atom is -0.336 e. The summed E-state index contributed by atoms with van der Waals surface area (Å²) in [4.78, 5) is 0. The summed E-state index contributed by atoms with van der Waals surface area (Å²) < 4.78 is 2.18. The van der Waals surface area contributed by atoms with E-state index in [-0.39, 0.29) is 0 Å². The van der Waals surface area contributed by atoms with Crippen molar-refractivity contribution in [2.45, 2.75) is 39.7 Å². The Kier molecular flexibility index (Phi) is 5.90. The number of nitrogens with zero attached hydrogens (tertiary/aromatic N) is 1. The molecule has 2 aromatic rings. The third-order valence-electron chi connectivity index (χ3n) is 3.73. The summed E-state index contributed by atoms with van der Waals surface area (Å²) in [6, 6.07) is 8.54. The van der Waals surface area contributed by atoms with Crippen LogP contribution in [0.15, 0.2) is 30.5 Å². The van der Waals surface area contributed by atoms with E-state index in [0.717, 1.165) is 25.4 Å². The van der Waals surface area contributed by atoms with Crippen LogP contribution in [0.5, 0.6) is 0 Å². The second-order valence-electron chi connectivity index (χ2n) is 6.06. The zero-order valence-corrected chi connectivity index (χ0v) is 13.2. The number of terminal acetylenes is 1. The standard InChI is InChI=1S/C19H26N2/c1-4-13-21-15-17(18-10-5-6-11-19(18)21)9-7-8-12-20-14-16(2)3/h1,5-6,10-11,15-16,20H,7-9,12-14H2,2-3H3. The van der Waals surface area contributed by atoms with Crippen molar-refractivity contribution in [2.75, 3.05) is 13.1 Å². The second-order valence-corrected chi connectivity index (χ2v) is 6.06. The maximum Gasteiger partial charge on any atom is 0.0835 e. The highest BCUT2D eigenvalue weighted by Crippen LogP contribution is 2.22. The summed E-state index contributed by atoms with van der Waals surface area (Å²) in [5.74, 6) is 3.47. The van der Waals surface area contributed by atoms with Crippen molar-refractivity contribution in [1.29, 1.82) is 0 Å². The first-order valence-corrected chi connectivity index (χ1v) is 7.93. The van der Waals surface area contributed by atoms with E-state index in [2.05, 4.69) is 60.1 Å². The van der Waals surface area contributed by atoms with E-state index in [1.54, 1.807) is 0 Å². The lowest BCUT2D eigenvalue weighted by Gasteiger charge is -2.06. The lowest BCUT2D eigenvalue weighted by molar-refractivity contribution is 0.535. The van der Waals surface area contributed by atoms with Crippen LogP contribution in [0.3, 0.4) is 0 Å². The third kappa shape index (κ3) is 4.37. The van der Waals surface area contributed by atoms with E-state index in [1.807, 2.05) is 0 Å². The fourth-order valence-electron chi connectivity index (χ4n) is 2.71. The van der Waals surface area contributed by atoms with E-state index in [9.17, 15) is 0 Å². The van der Waals surface area contributed by atoms with Crippen LogP contribution in [0.25, 0.3) is 10.9 Å². The molecule has 0 fully saturated rings. The van der Waals surface area contributed by atoms with Crippen LogP contribution < -0.4 is 5.32 Å². The highest BCUT2D eigenvalue weighted by atomic mass is 14.9. The van der Waals surface area contributed by atoms with E-state index in [1.165, 1.54) is 29.3 Å². The summed E-state index contributed by atoms with van der Waals surface area (Å²) in [6.07, 6.45) is 11.3. The average Bonchev–Trinajstić information content (AvgIpc) is 2.81. The Morgan fingerprint density at radius 2 is 2.05 bits per heavy atom. The molecule has 1 heterocycles. The molecule has 0 aliphatic rings. The molecule has 0 spiro atoms. The summed E-state index contributed by atoms with van der Waals surface area (Å²) in [6.45, 7) is 7.36. The van der Waals surface area contributed by atoms with Gasteiger partial charge >= 0.3 is 0 Å². The maximum atomic E-state index is 5.46. The Bertz CT molecular complexity index is 602. The van der Waals surface area contributed by atoms with Gasteiger partial charge in [0.1, 0.15) is 0 Å². The molecule has 1 N–H and O–H groups in total. The molecular weight excluding hydrogens is 256 g/mol. The van der Waals surface area contributed by atoms with Crippen LogP contribution in [0, 0.1) is 18.3 Å². The van der Waals surface area contributed by atoms with Crippen LogP contribution in [0.2, 0.25) is 0 Å². The van der Waals surface area contributed by atoms with Crippen LogP contribution in [0.4, 0.5) is 0 Å². The fourth-order valence-corrected chi connectivity index (χ4v) is 2.71. The number of hydrogen-bond donors (Lipinski definition) is 1. The van der Waals surface area contributed by atoms with Crippen molar-refractivity contribution in [2.24, 2.45) is 5.92 Å². The Labute approximate surface area is 128 Å². The molecule has 1 aromatic carbocycles. The largest absolute Gasteiger partial charge is 0.336 e. The molecule has 0 unspecified atom stereocenters. The molecule has 0 atom stereocenters. The molecule has 112 valence electrons. The quantitative estimate of drug-likeness (QED) is 0.575. The molecule has 2 rings (SSSR count). The minimum atomic E-state index is 0.649. The van der Waals surface area contributed by atoms with E-state index < -0.39 is 0 Å². The normalized spacial score (nSPS) is 11.1. The molecule has 0 amide bonds. The lowest BCUT2D eigenvalue weighted by atomic mass is 10.1. The van der Waals surface area contributed by atoms with Gasteiger partial charge in [-0.3, -0.25) is 0 Å². The number of nitrogens with one attached hydrogen (secondary N) is 1. The van der Waals surface area contributed by atoms with Gasteiger partial charge in [0.15, 0.2) is 0 Å². The van der Waals surface area contributed by atoms with Gasteiger partial charge < -0.3 is 9.88 Å². The number of para-hydroxylation sites is 1. The Hall–Kier alpha value is -1.72. The molecular formula is C19H26N2. The molecule has 0 aliphatic heterocycles. The first-order valence-electron chi connectivity index (χ1n) is 7.93. The van der Waals surface area contributed by atoms with E-state index in [4.69, 9.17) is 6.42 Å². The highest BCUT2D eigenvalue weighted by molar-refractivity contribution is 5.84. The van der Waals surface area contributed by atoms with Gasteiger partial charge in [-0.1, -0.05) is 38.0 Å². The predicted octanol–water partition coefficient (Wildman–Crippen LogP) is 3.84. The van der Waals surface area contributed by atoms with E-state index in [0.29, 0.717) is 6.54 Å². The Morgan fingerprint density at radius 1 is 1.24 bits per heavy atom. The number of rotatable bonds is 8. The average molecular weight is 282 g/mol. The molecule has 0 saturated heterocycles. The maximum absolute atomic E-state index is 5.46. The van der Waals surface area contributed by atoms with Crippen molar-refractivity contribution >= 4 is 10.9 Å². The monoisotopic (exact) mass is 282 g/mol. The molecule has 0 aliphatic carbocycles. The predicted molar refractivity (Wildman–Crippen MR) is 91.4 cm³/mol. The van der Waals surface area contributed by atoms with Gasteiger partial charge in [-0.25, -0.2) is 0 Å². The first kappa shape index (κ1) is 15.7. The summed E-state index contributed by atoms with van der Waals surface area (Å²) >= 11 is 0. The topological polar surface area (TPSA) is 17.0 Å². The molecule has 0 bridgehead atoms.